The van der Waals surface area contributed by atoms with E-state index in [0.29, 0.717) is 0 Å². The average molecular weight is 190 g/mol. The molecule has 0 amide bonds. The van der Waals surface area contributed by atoms with Gasteiger partial charge in [0.25, 0.3) is 0 Å². The van der Waals surface area contributed by atoms with Gasteiger partial charge in [0.2, 0.25) is 0 Å². The van der Waals surface area contributed by atoms with Crippen molar-refractivity contribution in [3.63, 3.8) is 0 Å². The average Bonchev–Trinajstić information content (AvgIpc) is 1.00. The van der Waals surface area contributed by atoms with E-state index in [1.54, 1.807) is 0 Å². The van der Waals surface area contributed by atoms with Gasteiger partial charge in [0.15, 0.2) is 0 Å². The second kappa shape index (κ2) is 332. The van der Waals surface area contributed by atoms with E-state index in [9.17, 15) is 0 Å². The molecule has 0 fully saturated rings. The Morgan fingerprint density at radius 1 is 0.800 bits per heavy atom. The molecule has 6 N–H and O–H groups in total. The minimum Gasteiger partial charge on any atom is -0.344 e. The Kier molecular flexibility index (Phi) is 3570. The Bertz CT molecular complexity index is 7.61. The molecule has 0 radical (unpaired) electrons. The minimum atomic E-state index is 0. The predicted molar refractivity (Wildman–Crippen MR) is 36.7 cm³/mol. The molecule has 0 rings (SSSR count). The van der Waals surface area contributed by atoms with Gasteiger partial charge in [-0.3, -0.25) is 0 Å². The van der Waals surface area contributed by atoms with Gasteiger partial charge >= 0.3 is 0 Å². The first-order valence-electron chi connectivity index (χ1n) is 0.500. The topological polar surface area (TPSA) is 70.0 Å². The molecule has 0 saturated heterocycles. The lowest BCUT2D eigenvalue weighted by Gasteiger charge is -0.813. The molecule has 0 spiro atoms. The summed E-state index contributed by atoms with van der Waals surface area (Å²) in [5.74, 6) is 0. The summed E-state index contributed by atoms with van der Waals surface area (Å²) in [4.78, 5) is 0. The molecule has 0 saturated carbocycles. The lowest BCUT2D eigenvalue weighted by Crippen LogP contribution is -0.552. The highest BCUT2D eigenvalue weighted by atomic mass is 127. The van der Waals surface area contributed by atoms with Crippen LogP contribution in [0.25, 0.3) is 0 Å². The highest BCUT2D eigenvalue weighted by Crippen LogP contribution is 0.886. The van der Waals surface area contributed by atoms with Crippen LogP contribution in [-0.4, -0.2) is 0 Å². The summed E-state index contributed by atoms with van der Waals surface area (Å²) in [5.41, 5.74) is 0. The van der Waals surface area contributed by atoms with Crippen LogP contribution >= 0.6 is 24.0 Å². The van der Waals surface area contributed by atoms with E-state index in [1.165, 1.54) is 0 Å². The van der Waals surface area contributed by atoms with E-state index in [0.717, 1.165) is 0 Å². The predicted octanol–water partition coefficient (Wildman–Crippen LogP) is 1.74. The smallest absolute Gasteiger partial charge is 0.106 e. The number of hydrogen-bond donors (Lipinski definition) is 2. The third-order valence-corrected chi connectivity index (χ3v) is 0. The molecule has 0 aromatic heterocycles. The van der Waals surface area contributed by atoms with Crippen LogP contribution in [-0.2, 0) is 0 Å². The largest absolute Gasteiger partial charge is 0.344 e. The highest BCUT2D eigenvalue weighted by Gasteiger charge is 0.601. The summed E-state index contributed by atoms with van der Waals surface area (Å²) in [7, 11) is 0. The monoisotopic (exact) mass is 190 g/mol. The maximum atomic E-state index is 3.00. The Balaban J connectivity index is -0.00000000167. The molecule has 0 aromatic rings. The number of halogens is 1. The molecule has 5 heavy (non-hydrogen) atoms. The molecule has 0 aliphatic rings. The lowest BCUT2D eigenvalue weighted by atomic mass is 11.3. The van der Waals surface area contributed by atoms with Crippen molar-refractivity contribution < 1.29 is 0 Å². The van der Waals surface area contributed by atoms with E-state index >= 15 is 0 Å². The maximum absolute atomic E-state index is 3.00. The zero-order valence-electron chi connectivity index (χ0n) is 3.24. The van der Waals surface area contributed by atoms with Gasteiger partial charge in [-0.2, -0.15) is 0 Å². The van der Waals surface area contributed by atoms with Crippen LogP contribution in [0.4, 0.5) is 0 Å². The van der Waals surface area contributed by atoms with Gasteiger partial charge in [-0.1, -0.05) is 0 Å². The first-order chi connectivity index (χ1) is 1.00. The Hall–Kier alpha value is 0.390. The Morgan fingerprint density at radius 3 is 0.800 bits per heavy atom. The van der Waals surface area contributed by atoms with Crippen LogP contribution in [0.1, 0.15) is 0 Å². The fraction of sp³-hybridized carbons (Fsp3) is 0. The quantitative estimate of drug-likeness (QED) is 0.451. The normalized spacial score (nSPS) is 0.800. The molecular weight excluding hydrogens is 179 g/mol. The van der Waals surface area contributed by atoms with Gasteiger partial charge in [0, 0.05) is 0 Å². The second-order valence-electron chi connectivity index (χ2n) is 0. The van der Waals surface area contributed by atoms with Crippen LogP contribution in [0.5, 0.6) is 0 Å². The van der Waals surface area contributed by atoms with Crippen LogP contribution < -0.4 is 12.3 Å². The standard InChI is InChI=1S/C2H4.HI.2H3N/c1-2;;;/h1-2H2;1H;2*1H3. The van der Waals surface area contributed by atoms with Gasteiger partial charge in [-0.15, -0.1) is 37.1 Å². The van der Waals surface area contributed by atoms with Crippen molar-refractivity contribution in [1.29, 1.82) is 0 Å². The van der Waals surface area contributed by atoms with Crippen molar-refractivity contribution in [2.45, 2.75) is 0 Å². The second-order valence-corrected chi connectivity index (χ2v) is 0. The molecule has 0 aromatic carbocycles. The molecule has 0 aliphatic heterocycles. The summed E-state index contributed by atoms with van der Waals surface area (Å²) < 4.78 is 0. The van der Waals surface area contributed by atoms with Crippen molar-refractivity contribution in [2.24, 2.45) is 0 Å². The summed E-state index contributed by atoms with van der Waals surface area (Å²) in [5, 5.41) is 0. The van der Waals surface area contributed by atoms with Gasteiger partial charge < -0.3 is 12.3 Å². The molecule has 0 bridgehead atoms. The molecular formula is C2H11IN2. The van der Waals surface area contributed by atoms with Crippen LogP contribution in [0.3, 0.4) is 0 Å². The van der Waals surface area contributed by atoms with Gasteiger partial charge in [0.1, 0.15) is 0 Å². The van der Waals surface area contributed by atoms with E-state index < -0.39 is 0 Å². The molecule has 0 aliphatic carbocycles. The van der Waals surface area contributed by atoms with Crippen molar-refractivity contribution in [3.05, 3.63) is 13.2 Å². The van der Waals surface area contributed by atoms with Gasteiger partial charge in [-0.25, -0.2) is 0 Å². The van der Waals surface area contributed by atoms with E-state index in [-0.39, 0.29) is 36.3 Å². The maximum Gasteiger partial charge on any atom is -0.106 e. The molecule has 0 heterocycles. The summed E-state index contributed by atoms with van der Waals surface area (Å²) in [6.45, 7) is 6.00. The molecule has 3 heteroatoms. The SMILES string of the molecule is C=C.I.N.N. The van der Waals surface area contributed by atoms with Crippen molar-refractivity contribution in [1.82, 2.24) is 12.3 Å². The highest BCUT2D eigenvalue weighted by molar-refractivity contribution is 14.0. The fourth-order valence-corrected chi connectivity index (χ4v) is 0. The van der Waals surface area contributed by atoms with E-state index in [4.69, 9.17) is 0 Å². The van der Waals surface area contributed by atoms with E-state index in [2.05, 4.69) is 13.2 Å². The zero-order valence-corrected chi connectivity index (χ0v) is 5.57. The summed E-state index contributed by atoms with van der Waals surface area (Å²) in [6.07, 6.45) is 0. The first kappa shape index (κ1) is 53.8. The third-order valence-electron chi connectivity index (χ3n) is 0. The first-order valence-corrected chi connectivity index (χ1v) is 0.500. The fourth-order valence-electron chi connectivity index (χ4n) is 0. The third kappa shape index (κ3) is 165. The van der Waals surface area contributed by atoms with Gasteiger partial charge in [-0.05, 0) is 0 Å². The Labute approximate surface area is 49.8 Å². The molecule has 36 valence electrons. The summed E-state index contributed by atoms with van der Waals surface area (Å²) in [6, 6.07) is 0. The van der Waals surface area contributed by atoms with Crippen LogP contribution in [0, 0.1) is 0 Å². The summed E-state index contributed by atoms with van der Waals surface area (Å²) >= 11 is 0. The van der Waals surface area contributed by atoms with Crippen molar-refractivity contribution in [2.75, 3.05) is 0 Å². The molecule has 0 atom stereocenters. The number of rotatable bonds is 0. The van der Waals surface area contributed by atoms with Crippen LogP contribution in [0.2, 0.25) is 0 Å². The van der Waals surface area contributed by atoms with Gasteiger partial charge in [0.05, 0.1) is 0 Å². The van der Waals surface area contributed by atoms with Crippen LogP contribution in [0.15, 0.2) is 13.2 Å². The van der Waals surface area contributed by atoms with Crippen molar-refractivity contribution in [3.8, 4) is 0 Å². The van der Waals surface area contributed by atoms with Crippen molar-refractivity contribution >= 4 is 24.0 Å². The van der Waals surface area contributed by atoms with E-state index in [1.807, 2.05) is 0 Å². The molecule has 2 nitrogen and oxygen atoms in total. The minimum absolute atomic E-state index is 0. The Morgan fingerprint density at radius 2 is 0.800 bits per heavy atom. The lowest BCUT2D eigenvalue weighted by molar-refractivity contribution is 2.13. The zero-order chi connectivity index (χ0) is 2.00. The number of hydrogen-bond acceptors (Lipinski definition) is 2. The molecule has 0 unspecified atom stereocenters.